The van der Waals surface area contributed by atoms with Gasteiger partial charge < -0.3 is 16.0 Å². The van der Waals surface area contributed by atoms with Crippen molar-refractivity contribution in [3.8, 4) is 0 Å². The normalized spacial score (nSPS) is 23.0. The second-order valence-electron chi connectivity index (χ2n) is 6.58. The lowest BCUT2D eigenvalue weighted by Crippen LogP contribution is -2.56. The molecule has 1 saturated heterocycles. The van der Waals surface area contributed by atoms with Gasteiger partial charge in [-0.05, 0) is 38.5 Å². The minimum Gasteiger partial charge on any atom is -0.349 e. The molecular formula is C16H29N3O2. The van der Waals surface area contributed by atoms with Crippen LogP contribution in [0, 0.1) is 11.8 Å². The van der Waals surface area contributed by atoms with Gasteiger partial charge in [0, 0.05) is 25.6 Å². The molecule has 2 rings (SSSR count). The zero-order valence-electron chi connectivity index (χ0n) is 13.4. The smallest absolute Gasteiger partial charge is 0.225 e. The maximum absolute atomic E-state index is 12.5. The molecule has 0 bridgehead atoms. The van der Waals surface area contributed by atoms with Crippen molar-refractivity contribution in [1.29, 1.82) is 0 Å². The number of rotatable bonds is 6. The number of amides is 2. The number of nitrogens with zero attached hydrogens (tertiary/aromatic N) is 1. The quantitative estimate of drug-likeness (QED) is 0.775. The van der Waals surface area contributed by atoms with E-state index in [1.54, 1.807) is 0 Å². The molecule has 5 heteroatoms. The number of hydrogen-bond donors (Lipinski definition) is 2. The summed E-state index contributed by atoms with van der Waals surface area (Å²) >= 11 is 0. The van der Waals surface area contributed by atoms with Crippen LogP contribution < -0.4 is 11.1 Å². The van der Waals surface area contributed by atoms with Gasteiger partial charge in [-0.3, -0.25) is 9.59 Å². The maximum Gasteiger partial charge on any atom is 0.225 e. The lowest BCUT2D eigenvalue weighted by molar-refractivity contribution is -0.137. The van der Waals surface area contributed by atoms with E-state index in [4.69, 9.17) is 5.73 Å². The van der Waals surface area contributed by atoms with Crippen LogP contribution in [-0.4, -0.2) is 41.9 Å². The first-order valence-electron chi connectivity index (χ1n) is 8.36. The highest BCUT2D eigenvalue weighted by molar-refractivity contribution is 5.83. The largest absolute Gasteiger partial charge is 0.349 e. The molecule has 2 fully saturated rings. The molecule has 1 saturated carbocycles. The third-order valence-corrected chi connectivity index (χ3v) is 5.16. The molecule has 0 spiro atoms. The summed E-state index contributed by atoms with van der Waals surface area (Å²) in [5.74, 6) is 0.479. The first-order valence-corrected chi connectivity index (χ1v) is 8.36. The molecule has 0 radical (unpaired) electrons. The predicted molar refractivity (Wildman–Crippen MR) is 82.5 cm³/mol. The number of nitrogens with one attached hydrogen (secondary N) is 1. The van der Waals surface area contributed by atoms with E-state index in [1.165, 1.54) is 0 Å². The van der Waals surface area contributed by atoms with Crippen molar-refractivity contribution in [2.24, 2.45) is 17.6 Å². The van der Waals surface area contributed by atoms with Gasteiger partial charge in [0.05, 0.1) is 11.5 Å². The van der Waals surface area contributed by atoms with Crippen molar-refractivity contribution < 1.29 is 9.59 Å². The average Bonchev–Trinajstić information content (AvgIpc) is 3.37. The summed E-state index contributed by atoms with van der Waals surface area (Å²) in [7, 11) is 0. The summed E-state index contributed by atoms with van der Waals surface area (Å²) in [6, 6.07) is 0. The van der Waals surface area contributed by atoms with Gasteiger partial charge in [0.2, 0.25) is 11.8 Å². The molecule has 1 unspecified atom stereocenters. The number of piperidine rings is 1. The van der Waals surface area contributed by atoms with Crippen molar-refractivity contribution >= 4 is 11.8 Å². The van der Waals surface area contributed by atoms with Crippen LogP contribution >= 0.6 is 0 Å². The second-order valence-corrected chi connectivity index (χ2v) is 6.58. The van der Waals surface area contributed by atoms with Crippen LogP contribution in [0.1, 0.15) is 52.4 Å². The van der Waals surface area contributed by atoms with Gasteiger partial charge in [-0.2, -0.15) is 0 Å². The van der Waals surface area contributed by atoms with E-state index in [0.29, 0.717) is 13.1 Å². The van der Waals surface area contributed by atoms with Gasteiger partial charge in [0.15, 0.2) is 0 Å². The Balaban J connectivity index is 1.93. The molecule has 120 valence electrons. The van der Waals surface area contributed by atoms with Crippen LogP contribution in [0.4, 0.5) is 0 Å². The number of nitrogens with two attached hydrogens (primary N) is 1. The van der Waals surface area contributed by atoms with Gasteiger partial charge in [0.25, 0.3) is 0 Å². The summed E-state index contributed by atoms with van der Waals surface area (Å²) in [5.41, 5.74) is 5.56. The Morgan fingerprint density at radius 3 is 2.38 bits per heavy atom. The summed E-state index contributed by atoms with van der Waals surface area (Å²) in [6.45, 7) is 5.96. The third kappa shape index (κ3) is 3.76. The van der Waals surface area contributed by atoms with Crippen molar-refractivity contribution in [2.45, 2.75) is 57.9 Å². The minimum atomic E-state index is -0.292. The van der Waals surface area contributed by atoms with Crippen molar-refractivity contribution in [1.82, 2.24) is 10.2 Å². The molecule has 1 atom stereocenters. The fourth-order valence-electron chi connectivity index (χ4n) is 3.11. The van der Waals surface area contributed by atoms with Crippen LogP contribution in [0.2, 0.25) is 0 Å². The topological polar surface area (TPSA) is 75.4 Å². The predicted octanol–water partition coefficient (Wildman–Crippen LogP) is 1.27. The van der Waals surface area contributed by atoms with E-state index in [9.17, 15) is 9.59 Å². The van der Waals surface area contributed by atoms with Gasteiger partial charge in [0.1, 0.15) is 0 Å². The number of carbonyl (C=O) groups is 2. The third-order valence-electron chi connectivity index (χ3n) is 5.16. The fourth-order valence-corrected chi connectivity index (χ4v) is 3.11. The number of likely N-dealkylation sites (tertiary alicyclic amines) is 1. The molecule has 1 aliphatic carbocycles. The molecule has 0 aromatic rings. The monoisotopic (exact) mass is 295 g/mol. The zero-order valence-corrected chi connectivity index (χ0v) is 13.4. The Bertz CT molecular complexity index is 381. The zero-order chi connectivity index (χ0) is 15.5. The molecule has 5 nitrogen and oxygen atoms in total. The van der Waals surface area contributed by atoms with Crippen LogP contribution in [-0.2, 0) is 9.59 Å². The molecule has 21 heavy (non-hydrogen) atoms. The molecule has 2 aliphatic rings. The summed E-state index contributed by atoms with van der Waals surface area (Å²) < 4.78 is 0. The van der Waals surface area contributed by atoms with Gasteiger partial charge in [-0.25, -0.2) is 0 Å². The average molecular weight is 295 g/mol. The Hall–Kier alpha value is -1.10. The summed E-state index contributed by atoms with van der Waals surface area (Å²) in [4.78, 5) is 26.6. The number of carbonyl (C=O) groups excluding carboxylic acids is 2. The highest BCUT2D eigenvalue weighted by Crippen LogP contribution is 2.32. The highest BCUT2D eigenvalue weighted by Gasteiger charge is 2.37. The molecule has 1 aliphatic heterocycles. The van der Waals surface area contributed by atoms with Crippen LogP contribution in [0.25, 0.3) is 0 Å². The van der Waals surface area contributed by atoms with Crippen LogP contribution in [0.3, 0.4) is 0 Å². The molecule has 1 heterocycles. The van der Waals surface area contributed by atoms with Crippen molar-refractivity contribution in [3.05, 3.63) is 0 Å². The maximum atomic E-state index is 12.5. The van der Waals surface area contributed by atoms with Crippen molar-refractivity contribution in [3.63, 3.8) is 0 Å². The lowest BCUT2D eigenvalue weighted by Gasteiger charge is -2.36. The van der Waals surface area contributed by atoms with Gasteiger partial charge in [-0.1, -0.05) is 13.8 Å². The molecule has 0 aromatic carbocycles. The van der Waals surface area contributed by atoms with Crippen LogP contribution in [0.15, 0.2) is 0 Å². The molecule has 3 N–H and O–H groups in total. The SMILES string of the molecule is CCC(CC)(CN)NC(=O)C1CCCN(C(=O)C2CC2)C1. The first kappa shape index (κ1) is 16.3. The number of hydrogen-bond acceptors (Lipinski definition) is 3. The Kier molecular flexibility index (Phi) is 5.25. The van der Waals surface area contributed by atoms with E-state index >= 15 is 0 Å². The summed E-state index contributed by atoms with van der Waals surface area (Å²) in [5, 5.41) is 3.15. The molecular weight excluding hydrogens is 266 g/mol. The Morgan fingerprint density at radius 2 is 1.86 bits per heavy atom. The molecule has 0 aromatic heterocycles. The highest BCUT2D eigenvalue weighted by atomic mass is 16.2. The van der Waals surface area contributed by atoms with E-state index in [-0.39, 0.29) is 29.2 Å². The lowest BCUT2D eigenvalue weighted by atomic mass is 9.90. The first-order chi connectivity index (χ1) is 10.0. The fraction of sp³-hybridized carbons (Fsp3) is 0.875. The van der Waals surface area contributed by atoms with E-state index in [1.807, 2.05) is 4.90 Å². The second kappa shape index (κ2) is 6.77. The van der Waals surface area contributed by atoms with E-state index in [2.05, 4.69) is 19.2 Å². The van der Waals surface area contributed by atoms with Gasteiger partial charge >= 0.3 is 0 Å². The Labute approximate surface area is 127 Å². The van der Waals surface area contributed by atoms with Crippen LogP contribution in [0.5, 0.6) is 0 Å². The van der Waals surface area contributed by atoms with Gasteiger partial charge in [-0.15, -0.1) is 0 Å². The standard InChI is InChI=1S/C16H29N3O2/c1-3-16(4-2,11-17)18-14(20)13-6-5-9-19(10-13)15(21)12-7-8-12/h12-13H,3-11,17H2,1-2H3,(H,18,20). The van der Waals surface area contributed by atoms with E-state index < -0.39 is 0 Å². The summed E-state index contributed by atoms with van der Waals surface area (Å²) in [6.07, 6.45) is 5.51. The Morgan fingerprint density at radius 1 is 1.19 bits per heavy atom. The van der Waals surface area contributed by atoms with Crippen molar-refractivity contribution in [2.75, 3.05) is 19.6 Å². The van der Waals surface area contributed by atoms with E-state index in [0.717, 1.165) is 45.1 Å². The molecule has 2 amide bonds. The minimum absolute atomic E-state index is 0.0671.